The first-order valence-corrected chi connectivity index (χ1v) is 10.0. The van der Waals surface area contributed by atoms with Gasteiger partial charge in [-0.1, -0.05) is 36.4 Å². The highest BCUT2D eigenvalue weighted by molar-refractivity contribution is 14.1. The first kappa shape index (κ1) is 20.5. The molecule has 2 aromatic rings. The molecule has 2 atom stereocenters. The number of isocyanates is 1. The van der Waals surface area contributed by atoms with Crippen molar-refractivity contribution >= 4 is 45.7 Å². The number of hydrogen-bond acceptors (Lipinski definition) is 6. The molecule has 1 aromatic carbocycles. The Labute approximate surface area is 175 Å². The average Bonchev–Trinajstić information content (AvgIpc) is 2.57. The van der Waals surface area contributed by atoms with Gasteiger partial charge in [-0.05, 0) is 42.9 Å². The Bertz CT molecular complexity index is 995. The van der Waals surface area contributed by atoms with E-state index in [9.17, 15) is 14.4 Å². The van der Waals surface area contributed by atoms with Crippen molar-refractivity contribution in [2.75, 3.05) is 6.54 Å². The van der Waals surface area contributed by atoms with E-state index in [2.05, 4.69) is 46.7 Å². The molecular weight excluding hydrogens is 475 g/mol. The Balaban J connectivity index is 1.69. The van der Waals surface area contributed by atoms with Gasteiger partial charge in [0.1, 0.15) is 11.3 Å². The smallest absolute Gasteiger partial charge is 0.412 e. The molecule has 1 saturated carbocycles. The normalized spacial score (nSPS) is 23.6. The minimum atomic E-state index is -0.571. The van der Waals surface area contributed by atoms with Crippen molar-refractivity contribution in [2.24, 2.45) is 10.4 Å². The van der Waals surface area contributed by atoms with Crippen LogP contribution in [-0.4, -0.2) is 28.2 Å². The molecule has 3 rings (SSSR count). The molecule has 0 radical (unpaired) electrons. The summed E-state index contributed by atoms with van der Waals surface area (Å²) in [7, 11) is 0. The average molecular weight is 496 g/mol. The third-order valence-electron chi connectivity index (χ3n) is 4.76. The molecule has 1 aliphatic rings. The van der Waals surface area contributed by atoms with Gasteiger partial charge in [0.25, 0.3) is 0 Å². The maximum atomic E-state index is 12.4. The Morgan fingerprint density at radius 2 is 2.11 bits per heavy atom. The van der Waals surface area contributed by atoms with E-state index in [1.54, 1.807) is 24.3 Å². The van der Waals surface area contributed by atoms with Crippen molar-refractivity contribution in [2.45, 2.75) is 42.6 Å². The van der Waals surface area contributed by atoms with Crippen LogP contribution in [0.5, 0.6) is 5.75 Å². The molecule has 8 heteroatoms. The lowest BCUT2D eigenvalue weighted by atomic mass is 9.70. The van der Waals surface area contributed by atoms with Crippen LogP contribution in [0, 0.1) is 5.41 Å². The number of fused-ring (bicyclic) bond motifs is 1. The van der Waals surface area contributed by atoms with Gasteiger partial charge in [0, 0.05) is 27.0 Å². The van der Waals surface area contributed by atoms with E-state index in [0.29, 0.717) is 24.3 Å². The van der Waals surface area contributed by atoms with Gasteiger partial charge < -0.3 is 14.5 Å². The van der Waals surface area contributed by atoms with Crippen LogP contribution >= 0.6 is 22.6 Å². The standard InChI is InChI=1S/C20H21IN2O5/c1-19(2)8-14(9-20(21,10-19)11-22-12-24)23-18(26)27-15-5-3-13-4-6-17(25)28-16(13)7-15/h3-7,14H,8-11H2,1-2H3,(H,23,26). The van der Waals surface area contributed by atoms with Gasteiger partial charge in [-0.15, -0.1) is 0 Å². The fourth-order valence-corrected chi connectivity index (χ4v) is 5.72. The second-order valence-electron chi connectivity index (χ2n) is 7.99. The van der Waals surface area contributed by atoms with Gasteiger partial charge in [0.2, 0.25) is 6.08 Å². The highest BCUT2D eigenvalue weighted by atomic mass is 127. The number of nitrogens with zero attached hydrogens (tertiary/aromatic N) is 1. The Hall–Kier alpha value is -2.19. The summed E-state index contributed by atoms with van der Waals surface area (Å²) < 4.78 is 10.3. The predicted octanol–water partition coefficient (Wildman–Crippen LogP) is 3.97. The number of amides is 1. The fourth-order valence-electron chi connectivity index (χ4n) is 3.99. The van der Waals surface area contributed by atoms with E-state index in [1.807, 2.05) is 0 Å². The SMILES string of the molecule is CC1(C)CC(NC(=O)Oc2ccc3ccc(=O)oc3c2)CC(I)(CN=C=O)C1. The minimum absolute atomic E-state index is 0.0118. The highest BCUT2D eigenvalue weighted by Gasteiger charge is 2.43. The third kappa shape index (κ3) is 5.20. The fraction of sp³-hybridized carbons (Fsp3) is 0.450. The van der Waals surface area contributed by atoms with Crippen LogP contribution in [0.3, 0.4) is 0 Å². The molecule has 28 heavy (non-hydrogen) atoms. The lowest BCUT2D eigenvalue weighted by molar-refractivity contribution is 0.155. The second kappa shape index (κ2) is 8.05. The molecule has 148 valence electrons. The maximum Gasteiger partial charge on any atom is 0.412 e. The summed E-state index contributed by atoms with van der Waals surface area (Å²) in [4.78, 5) is 38.0. The van der Waals surface area contributed by atoms with E-state index in [4.69, 9.17) is 9.15 Å². The molecule has 1 fully saturated rings. The van der Waals surface area contributed by atoms with Crippen LogP contribution in [-0.2, 0) is 4.79 Å². The molecule has 0 spiro atoms. The number of carbonyl (C=O) groups is 1. The number of nitrogens with one attached hydrogen (secondary N) is 1. The van der Waals surface area contributed by atoms with Gasteiger partial charge >= 0.3 is 11.7 Å². The van der Waals surface area contributed by atoms with Crippen LogP contribution in [0.2, 0.25) is 0 Å². The molecule has 0 saturated heterocycles. The molecular formula is C20H21IN2O5. The summed E-state index contributed by atoms with van der Waals surface area (Å²) in [6, 6.07) is 7.77. The zero-order chi connectivity index (χ0) is 20.4. The molecule has 1 N–H and O–H groups in total. The van der Waals surface area contributed by atoms with Crippen molar-refractivity contribution in [3.05, 3.63) is 40.8 Å². The molecule has 7 nitrogen and oxygen atoms in total. The number of ether oxygens (including phenoxy) is 1. The summed E-state index contributed by atoms with van der Waals surface area (Å²) >= 11 is 2.33. The van der Waals surface area contributed by atoms with Gasteiger partial charge in [0.15, 0.2) is 0 Å². The molecule has 0 bridgehead atoms. The van der Waals surface area contributed by atoms with Crippen LogP contribution in [0.25, 0.3) is 11.0 Å². The second-order valence-corrected chi connectivity index (χ2v) is 10.3. The quantitative estimate of drug-likeness (QED) is 0.227. The van der Waals surface area contributed by atoms with Crippen molar-refractivity contribution < 1.29 is 18.7 Å². The van der Waals surface area contributed by atoms with Gasteiger partial charge in [-0.25, -0.2) is 19.4 Å². The Kier molecular flexibility index (Phi) is 5.90. The van der Waals surface area contributed by atoms with Gasteiger partial charge in [0.05, 0.1) is 6.54 Å². The summed E-state index contributed by atoms with van der Waals surface area (Å²) in [6.45, 7) is 4.64. The molecule has 1 aliphatic carbocycles. The third-order valence-corrected chi connectivity index (χ3v) is 5.92. The van der Waals surface area contributed by atoms with E-state index in [0.717, 1.165) is 18.2 Å². The number of halogens is 1. The Morgan fingerprint density at radius 1 is 1.36 bits per heavy atom. The van der Waals surface area contributed by atoms with E-state index in [1.165, 1.54) is 12.1 Å². The molecule has 2 unspecified atom stereocenters. The molecule has 1 heterocycles. The van der Waals surface area contributed by atoms with Crippen molar-refractivity contribution in [1.29, 1.82) is 0 Å². The van der Waals surface area contributed by atoms with Crippen LogP contribution < -0.4 is 15.7 Å². The van der Waals surface area contributed by atoms with Crippen LogP contribution in [0.15, 0.2) is 44.5 Å². The van der Waals surface area contributed by atoms with Gasteiger partial charge in [-0.3, -0.25) is 0 Å². The first-order chi connectivity index (χ1) is 13.2. The monoisotopic (exact) mass is 496 g/mol. The van der Waals surface area contributed by atoms with Gasteiger partial charge in [-0.2, -0.15) is 0 Å². The molecule has 1 aromatic heterocycles. The van der Waals surface area contributed by atoms with Crippen molar-refractivity contribution in [3.63, 3.8) is 0 Å². The number of hydrogen-bond donors (Lipinski definition) is 1. The van der Waals surface area contributed by atoms with Crippen molar-refractivity contribution in [3.8, 4) is 5.75 Å². The maximum absolute atomic E-state index is 12.4. The first-order valence-electron chi connectivity index (χ1n) is 8.93. The summed E-state index contributed by atoms with van der Waals surface area (Å²) in [5.74, 6) is 0.292. The lowest BCUT2D eigenvalue weighted by Crippen LogP contribution is -2.50. The number of rotatable bonds is 4. The lowest BCUT2D eigenvalue weighted by Gasteiger charge is -2.44. The van der Waals surface area contributed by atoms with E-state index >= 15 is 0 Å². The zero-order valence-corrected chi connectivity index (χ0v) is 17.8. The van der Waals surface area contributed by atoms with E-state index in [-0.39, 0.29) is 14.9 Å². The summed E-state index contributed by atoms with van der Waals surface area (Å²) in [5.41, 5.74) is -0.119. The minimum Gasteiger partial charge on any atom is -0.423 e. The highest BCUT2D eigenvalue weighted by Crippen LogP contribution is 2.46. The topological polar surface area (TPSA) is 98.0 Å². The number of alkyl halides is 1. The van der Waals surface area contributed by atoms with Crippen molar-refractivity contribution in [1.82, 2.24) is 5.32 Å². The van der Waals surface area contributed by atoms with E-state index < -0.39 is 11.7 Å². The number of benzene rings is 1. The number of carbonyl (C=O) groups excluding carboxylic acids is 2. The van der Waals surface area contributed by atoms with Crippen LogP contribution in [0.1, 0.15) is 33.1 Å². The largest absolute Gasteiger partial charge is 0.423 e. The zero-order valence-electron chi connectivity index (χ0n) is 15.7. The van der Waals surface area contributed by atoms with Crippen LogP contribution in [0.4, 0.5) is 4.79 Å². The number of aliphatic imine (C=N–C) groups is 1. The Morgan fingerprint density at radius 3 is 2.86 bits per heavy atom. The molecule has 1 amide bonds. The summed E-state index contributed by atoms with van der Waals surface area (Å²) in [6.07, 6.45) is 3.40. The predicted molar refractivity (Wildman–Crippen MR) is 113 cm³/mol. The summed E-state index contributed by atoms with van der Waals surface area (Å²) in [5, 5.41) is 3.66. The molecule has 0 aliphatic heterocycles.